The molecule has 1 amide bonds. The number of amides is 1. The van der Waals surface area contributed by atoms with Crippen molar-refractivity contribution in [2.24, 2.45) is 0 Å². The maximum atomic E-state index is 13.4. The lowest BCUT2D eigenvalue weighted by atomic mass is 9.96. The molecule has 1 atom stereocenters. The van der Waals surface area contributed by atoms with Crippen molar-refractivity contribution in [2.75, 3.05) is 13.1 Å². The summed E-state index contributed by atoms with van der Waals surface area (Å²) in [5.74, 6) is 2.53. The van der Waals surface area contributed by atoms with Gasteiger partial charge in [0.25, 0.3) is 11.7 Å². The number of carbonyl (C=O) groups is 1. The summed E-state index contributed by atoms with van der Waals surface area (Å²) >= 11 is 1.51. The van der Waals surface area contributed by atoms with E-state index in [1.54, 1.807) is 4.52 Å². The highest BCUT2D eigenvalue weighted by molar-refractivity contribution is 7.98. The number of aromatic nitrogens is 6. The van der Waals surface area contributed by atoms with Gasteiger partial charge >= 0.3 is 0 Å². The number of thioether (sulfide) groups is 1. The Morgan fingerprint density at radius 2 is 2.03 bits per heavy atom. The van der Waals surface area contributed by atoms with Crippen LogP contribution in [0.5, 0.6) is 0 Å². The molecule has 0 radical (unpaired) electrons. The van der Waals surface area contributed by atoms with Gasteiger partial charge in [-0.3, -0.25) is 4.79 Å². The van der Waals surface area contributed by atoms with E-state index in [9.17, 15) is 4.79 Å². The molecule has 1 aliphatic heterocycles. The number of aryl methyl sites for hydroxylation is 3. The van der Waals surface area contributed by atoms with Gasteiger partial charge in [-0.2, -0.15) is 9.97 Å². The Labute approximate surface area is 195 Å². The highest BCUT2D eigenvalue weighted by Gasteiger charge is 2.29. The third kappa shape index (κ3) is 4.47. The summed E-state index contributed by atoms with van der Waals surface area (Å²) in [6, 6.07) is 9.73. The molecule has 1 aliphatic rings. The van der Waals surface area contributed by atoms with Gasteiger partial charge in [-0.25, -0.2) is 9.50 Å². The normalized spacial score (nSPS) is 16.5. The molecule has 0 bridgehead atoms. The van der Waals surface area contributed by atoms with Crippen LogP contribution in [0, 0.1) is 20.8 Å². The largest absolute Gasteiger partial charge is 0.339 e. The van der Waals surface area contributed by atoms with Crippen LogP contribution in [0.1, 0.15) is 57.8 Å². The maximum Gasteiger partial charge on any atom is 0.254 e. The Bertz CT molecular complexity index is 1320. The lowest BCUT2D eigenvalue weighted by Gasteiger charge is -2.31. The van der Waals surface area contributed by atoms with Gasteiger partial charge in [0.15, 0.2) is 5.82 Å². The number of hydrogen-bond acceptors (Lipinski definition) is 8. The van der Waals surface area contributed by atoms with Crippen LogP contribution in [0.15, 0.2) is 40.0 Å². The van der Waals surface area contributed by atoms with E-state index < -0.39 is 0 Å². The van der Waals surface area contributed by atoms with Crippen LogP contribution in [0.2, 0.25) is 0 Å². The number of nitrogens with zero attached hydrogens (tertiary/aromatic N) is 7. The fourth-order valence-electron chi connectivity index (χ4n) is 4.22. The second kappa shape index (κ2) is 8.93. The monoisotopic (exact) mass is 463 g/mol. The van der Waals surface area contributed by atoms with Crippen molar-refractivity contribution in [1.82, 2.24) is 34.6 Å². The van der Waals surface area contributed by atoms with Crippen molar-refractivity contribution >= 4 is 23.4 Å². The average molecular weight is 464 g/mol. The third-order valence-electron chi connectivity index (χ3n) is 5.80. The first kappa shape index (κ1) is 21.6. The Morgan fingerprint density at radius 1 is 1.18 bits per heavy atom. The second-order valence-corrected chi connectivity index (χ2v) is 9.30. The Morgan fingerprint density at radius 3 is 2.85 bits per heavy atom. The minimum Gasteiger partial charge on any atom is -0.339 e. The molecule has 1 saturated heterocycles. The summed E-state index contributed by atoms with van der Waals surface area (Å²) in [6.45, 7) is 7.05. The van der Waals surface area contributed by atoms with Crippen LogP contribution >= 0.6 is 11.8 Å². The molecule has 0 spiro atoms. The summed E-state index contributed by atoms with van der Waals surface area (Å²) in [7, 11) is 0. The fraction of sp³-hybridized carbons (Fsp3) is 0.391. The van der Waals surface area contributed by atoms with Crippen LogP contribution in [-0.2, 0) is 5.75 Å². The molecule has 1 aromatic carbocycles. The van der Waals surface area contributed by atoms with E-state index >= 15 is 0 Å². The zero-order valence-corrected chi connectivity index (χ0v) is 19.7. The van der Waals surface area contributed by atoms with Gasteiger partial charge in [-0.05, 0) is 51.3 Å². The van der Waals surface area contributed by atoms with E-state index in [0.29, 0.717) is 40.5 Å². The van der Waals surface area contributed by atoms with Gasteiger partial charge in [0.1, 0.15) is 0 Å². The zero-order valence-electron chi connectivity index (χ0n) is 18.9. The first-order valence-corrected chi connectivity index (χ1v) is 12.0. The minimum atomic E-state index is 0.0308. The van der Waals surface area contributed by atoms with E-state index in [-0.39, 0.29) is 11.8 Å². The Hall–Kier alpha value is -3.27. The number of carbonyl (C=O) groups excluding carboxylic acids is 1. The molecular formula is C23H25N7O2S. The number of rotatable bonds is 5. The predicted molar refractivity (Wildman–Crippen MR) is 123 cm³/mol. The number of likely N-dealkylation sites (tertiary alicyclic amines) is 1. The van der Waals surface area contributed by atoms with E-state index in [1.807, 2.05) is 56.0 Å². The molecule has 9 nitrogen and oxygen atoms in total. The van der Waals surface area contributed by atoms with Gasteiger partial charge < -0.3 is 9.42 Å². The van der Waals surface area contributed by atoms with Crippen LogP contribution in [-0.4, -0.2) is 53.6 Å². The molecule has 170 valence electrons. The third-order valence-corrected chi connectivity index (χ3v) is 6.69. The summed E-state index contributed by atoms with van der Waals surface area (Å²) in [5.41, 5.74) is 3.57. The van der Waals surface area contributed by atoms with Gasteiger partial charge in [-0.1, -0.05) is 35.1 Å². The summed E-state index contributed by atoms with van der Waals surface area (Å²) < 4.78 is 7.12. The van der Waals surface area contributed by atoms with Crippen molar-refractivity contribution in [1.29, 1.82) is 0 Å². The molecule has 10 heteroatoms. The van der Waals surface area contributed by atoms with Gasteiger partial charge in [-0.15, -0.1) is 5.10 Å². The van der Waals surface area contributed by atoms with E-state index in [1.165, 1.54) is 11.8 Å². The SMILES string of the molecule is Cc1cc(C)n2nc(SCc3ccccc3C(=O)N3CCCC(c4nc(C)no4)C3)nc2n1. The molecule has 1 unspecified atom stereocenters. The van der Waals surface area contributed by atoms with Crippen molar-refractivity contribution in [3.63, 3.8) is 0 Å². The van der Waals surface area contributed by atoms with Gasteiger partial charge in [0.05, 0.1) is 5.92 Å². The van der Waals surface area contributed by atoms with Crippen LogP contribution in [0.25, 0.3) is 5.78 Å². The molecule has 4 heterocycles. The van der Waals surface area contributed by atoms with E-state index in [0.717, 1.165) is 36.3 Å². The summed E-state index contributed by atoms with van der Waals surface area (Å²) in [5, 5.41) is 9.11. The molecule has 33 heavy (non-hydrogen) atoms. The molecule has 4 aromatic rings. The summed E-state index contributed by atoms with van der Waals surface area (Å²) in [4.78, 5) is 28.7. The predicted octanol–water partition coefficient (Wildman–Crippen LogP) is 3.74. The van der Waals surface area contributed by atoms with E-state index in [2.05, 4.69) is 25.2 Å². The van der Waals surface area contributed by atoms with E-state index in [4.69, 9.17) is 4.52 Å². The number of piperidine rings is 1. The van der Waals surface area contributed by atoms with Crippen LogP contribution < -0.4 is 0 Å². The van der Waals surface area contributed by atoms with Gasteiger partial charge in [0, 0.05) is 35.8 Å². The minimum absolute atomic E-state index is 0.0308. The second-order valence-electron chi connectivity index (χ2n) is 8.36. The molecule has 0 N–H and O–H groups in total. The topological polar surface area (TPSA) is 102 Å². The smallest absolute Gasteiger partial charge is 0.254 e. The summed E-state index contributed by atoms with van der Waals surface area (Å²) in [6.07, 6.45) is 1.85. The standard InChI is InChI=1S/C23H25N7O2S/c1-14-11-15(2)30-22(24-14)26-23(27-30)33-13-18-7-4-5-9-19(18)21(31)29-10-6-8-17(12-29)20-25-16(3)28-32-20/h4-5,7,9,11,17H,6,8,10,12-13H2,1-3H3. The highest BCUT2D eigenvalue weighted by atomic mass is 32.2. The Kier molecular flexibility index (Phi) is 5.84. The van der Waals surface area contributed by atoms with Gasteiger partial charge in [0.2, 0.25) is 11.0 Å². The van der Waals surface area contributed by atoms with Crippen molar-refractivity contribution in [2.45, 2.75) is 50.4 Å². The molecule has 1 fully saturated rings. The average Bonchev–Trinajstić information content (AvgIpc) is 3.44. The van der Waals surface area contributed by atoms with Crippen molar-refractivity contribution in [3.05, 3.63) is 64.6 Å². The zero-order chi connectivity index (χ0) is 22.9. The quantitative estimate of drug-likeness (QED) is 0.413. The van der Waals surface area contributed by atoms with Crippen molar-refractivity contribution in [3.8, 4) is 0 Å². The maximum absolute atomic E-state index is 13.4. The highest BCUT2D eigenvalue weighted by Crippen LogP contribution is 2.28. The lowest BCUT2D eigenvalue weighted by Crippen LogP contribution is -2.39. The molecule has 0 aliphatic carbocycles. The fourth-order valence-corrected chi connectivity index (χ4v) is 5.04. The lowest BCUT2D eigenvalue weighted by molar-refractivity contribution is 0.0695. The Balaban J connectivity index is 1.32. The molecule has 5 rings (SSSR count). The number of hydrogen-bond donors (Lipinski definition) is 0. The number of fused-ring (bicyclic) bond motifs is 1. The van der Waals surface area contributed by atoms with Crippen LogP contribution in [0.3, 0.4) is 0 Å². The molecule has 3 aromatic heterocycles. The molecular weight excluding hydrogens is 438 g/mol. The first-order valence-electron chi connectivity index (χ1n) is 11.0. The van der Waals surface area contributed by atoms with Crippen molar-refractivity contribution < 1.29 is 9.32 Å². The number of benzene rings is 1. The first-order chi connectivity index (χ1) is 16.0. The van der Waals surface area contributed by atoms with Crippen LogP contribution in [0.4, 0.5) is 0 Å². The molecule has 0 saturated carbocycles.